The van der Waals surface area contributed by atoms with Gasteiger partial charge in [-0.3, -0.25) is 4.79 Å². The van der Waals surface area contributed by atoms with E-state index in [0.29, 0.717) is 11.4 Å². The highest BCUT2D eigenvalue weighted by Crippen LogP contribution is 2.33. The van der Waals surface area contributed by atoms with Crippen LogP contribution in [0.2, 0.25) is 0 Å². The number of anilines is 2. The summed E-state index contributed by atoms with van der Waals surface area (Å²) in [6.45, 7) is 2.18. The SMILES string of the molecule is COc1cccc(C2CCCN2C(=O)Nc2ccc(NC(C)=O)cc2)c1. The number of carbonyl (C=O) groups excluding carboxylic acids is 2. The van der Waals surface area contributed by atoms with Crippen molar-refractivity contribution in [3.8, 4) is 5.75 Å². The molecule has 1 aliphatic heterocycles. The molecule has 1 aliphatic rings. The Morgan fingerprint density at radius 3 is 2.42 bits per heavy atom. The number of nitrogens with zero attached hydrogens (tertiary/aromatic N) is 1. The molecular formula is C20H23N3O3. The Balaban J connectivity index is 1.69. The number of ether oxygens (including phenoxy) is 1. The Labute approximate surface area is 153 Å². The van der Waals surface area contributed by atoms with Gasteiger partial charge in [0, 0.05) is 24.8 Å². The number of hydrogen-bond acceptors (Lipinski definition) is 3. The Hall–Kier alpha value is -3.02. The monoisotopic (exact) mass is 353 g/mol. The first-order chi connectivity index (χ1) is 12.6. The standard InChI is InChI=1S/C20H23N3O3/c1-14(24)21-16-8-10-17(11-9-16)22-20(25)23-12-4-7-19(23)15-5-3-6-18(13-15)26-2/h3,5-6,8-11,13,19H,4,7,12H2,1-2H3,(H,21,24)(H,22,25). The van der Waals surface area contributed by atoms with Crippen LogP contribution in [0.15, 0.2) is 48.5 Å². The molecule has 136 valence electrons. The van der Waals surface area contributed by atoms with Crippen LogP contribution in [0.4, 0.5) is 16.2 Å². The van der Waals surface area contributed by atoms with E-state index in [1.54, 1.807) is 31.4 Å². The molecule has 6 nitrogen and oxygen atoms in total. The lowest BCUT2D eigenvalue weighted by atomic mass is 10.0. The Morgan fingerprint density at radius 2 is 1.77 bits per heavy atom. The van der Waals surface area contributed by atoms with E-state index >= 15 is 0 Å². The van der Waals surface area contributed by atoms with Crippen LogP contribution in [0.1, 0.15) is 31.4 Å². The minimum absolute atomic E-state index is 0.0451. The normalized spacial score (nSPS) is 16.2. The van der Waals surface area contributed by atoms with Gasteiger partial charge in [-0.05, 0) is 54.8 Å². The van der Waals surface area contributed by atoms with Crippen LogP contribution in [0.25, 0.3) is 0 Å². The summed E-state index contributed by atoms with van der Waals surface area (Å²) in [7, 11) is 1.64. The molecule has 26 heavy (non-hydrogen) atoms. The molecular weight excluding hydrogens is 330 g/mol. The van der Waals surface area contributed by atoms with Gasteiger partial charge in [-0.15, -0.1) is 0 Å². The molecule has 3 amide bonds. The molecule has 2 aromatic carbocycles. The van der Waals surface area contributed by atoms with Crippen molar-refractivity contribution in [1.82, 2.24) is 4.90 Å². The Bertz CT molecular complexity index is 789. The van der Waals surface area contributed by atoms with Crippen molar-refractivity contribution in [1.29, 1.82) is 0 Å². The number of methoxy groups -OCH3 is 1. The quantitative estimate of drug-likeness (QED) is 0.872. The smallest absolute Gasteiger partial charge is 0.322 e. The Kier molecular flexibility index (Phi) is 5.41. The highest BCUT2D eigenvalue weighted by molar-refractivity contribution is 5.91. The van der Waals surface area contributed by atoms with Crippen molar-refractivity contribution in [2.45, 2.75) is 25.8 Å². The molecule has 0 spiro atoms. The summed E-state index contributed by atoms with van der Waals surface area (Å²) in [6.07, 6.45) is 1.90. The molecule has 3 rings (SSSR count). The highest BCUT2D eigenvalue weighted by Gasteiger charge is 2.30. The van der Waals surface area contributed by atoms with E-state index in [4.69, 9.17) is 4.74 Å². The van der Waals surface area contributed by atoms with Crippen LogP contribution < -0.4 is 15.4 Å². The average molecular weight is 353 g/mol. The van der Waals surface area contributed by atoms with Crippen molar-refractivity contribution in [2.75, 3.05) is 24.3 Å². The highest BCUT2D eigenvalue weighted by atomic mass is 16.5. The summed E-state index contributed by atoms with van der Waals surface area (Å²) in [5.74, 6) is 0.670. The minimum atomic E-state index is -0.125. The van der Waals surface area contributed by atoms with Gasteiger partial charge in [0.1, 0.15) is 5.75 Å². The molecule has 1 fully saturated rings. The number of urea groups is 1. The second kappa shape index (κ2) is 7.91. The van der Waals surface area contributed by atoms with E-state index in [1.165, 1.54) is 6.92 Å². The molecule has 0 saturated carbocycles. The fraction of sp³-hybridized carbons (Fsp3) is 0.300. The fourth-order valence-corrected chi connectivity index (χ4v) is 3.24. The summed E-state index contributed by atoms with van der Waals surface area (Å²) >= 11 is 0. The lowest BCUT2D eigenvalue weighted by Gasteiger charge is -2.25. The summed E-state index contributed by atoms with van der Waals surface area (Å²) in [4.78, 5) is 25.7. The third-order valence-electron chi connectivity index (χ3n) is 4.45. The number of amides is 3. The van der Waals surface area contributed by atoms with Gasteiger partial charge in [-0.25, -0.2) is 4.79 Å². The molecule has 1 saturated heterocycles. The van der Waals surface area contributed by atoms with Crippen LogP contribution in [-0.4, -0.2) is 30.5 Å². The molecule has 0 aromatic heterocycles. The molecule has 1 unspecified atom stereocenters. The third-order valence-corrected chi connectivity index (χ3v) is 4.45. The summed E-state index contributed by atoms with van der Waals surface area (Å²) in [6, 6.07) is 14.9. The van der Waals surface area contributed by atoms with Gasteiger partial charge in [0.05, 0.1) is 13.2 Å². The molecule has 0 radical (unpaired) electrons. The van der Waals surface area contributed by atoms with Gasteiger partial charge >= 0.3 is 6.03 Å². The first-order valence-electron chi connectivity index (χ1n) is 8.66. The van der Waals surface area contributed by atoms with Gasteiger partial charge in [0.15, 0.2) is 0 Å². The number of rotatable bonds is 4. The first-order valence-corrected chi connectivity index (χ1v) is 8.66. The molecule has 2 aromatic rings. The van der Waals surface area contributed by atoms with Gasteiger partial charge in [-0.1, -0.05) is 12.1 Å². The van der Waals surface area contributed by atoms with Crippen molar-refractivity contribution >= 4 is 23.3 Å². The van der Waals surface area contributed by atoms with E-state index < -0.39 is 0 Å². The zero-order valence-electron chi connectivity index (χ0n) is 15.0. The number of carbonyl (C=O) groups is 2. The maximum absolute atomic E-state index is 12.7. The molecule has 1 atom stereocenters. The lowest BCUT2D eigenvalue weighted by molar-refractivity contribution is -0.114. The summed E-state index contributed by atoms with van der Waals surface area (Å²) < 4.78 is 5.30. The second-order valence-corrected chi connectivity index (χ2v) is 6.32. The van der Waals surface area contributed by atoms with Crippen molar-refractivity contribution in [3.63, 3.8) is 0 Å². The van der Waals surface area contributed by atoms with E-state index in [-0.39, 0.29) is 18.0 Å². The minimum Gasteiger partial charge on any atom is -0.497 e. The van der Waals surface area contributed by atoms with Crippen LogP contribution in [0, 0.1) is 0 Å². The maximum atomic E-state index is 12.7. The first kappa shape index (κ1) is 17.8. The van der Waals surface area contributed by atoms with Crippen LogP contribution in [-0.2, 0) is 4.79 Å². The number of benzene rings is 2. The largest absolute Gasteiger partial charge is 0.497 e. The zero-order valence-corrected chi connectivity index (χ0v) is 15.0. The number of hydrogen-bond donors (Lipinski definition) is 2. The van der Waals surface area contributed by atoms with Crippen molar-refractivity contribution in [3.05, 3.63) is 54.1 Å². The summed E-state index contributed by atoms with van der Waals surface area (Å²) in [5.41, 5.74) is 2.48. The third kappa shape index (κ3) is 4.14. The second-order valence-electron chi connectivity index (χ2n) is 6.32. The van der Waals surface area contributed by atoms with E-state index in [9.17, 15) is 9.59 Å². The number of likely N-dealkylation sites (tertiary alicyclic amines) is 1. The number of nitrogens with one attached hydrogen (secondary N) is 2. The van der Waals surface area contributed by atoms with Crippen LogP contribution >= 0.6 is 0 Å². The molecule has 0 bridgehead atoms. The van der Waals surface area contributed by atoms with Gasteiger partial charge in [0.25, 0.3) is 0 Å². The predicted molar refractivity (Wildman–Crippen MR) is 101 cm³/mol. The zero-order chi connectivity index (χ0) is 18.5. The lowest BCUT2D eigenvalue weighted by Crippen LogP contribution is -2.34. The molecule has 2 N–H and O–H groups in total. The van der Waals surface area contributed by atoms with E-state index in [1.807, 2.05) is 29.2 Å². The van der Waals surface area contributed by atoms with Gasteiger partial charge in [-0.2, -0.15) is 0 Å². The average Bonchev–Trinajstić information content (AvgIpc) is 3.13. The molecule has 6 heteroatoms. The predicted octanol–water partition coefficient (Wildman–Crippen LogP) is 4.02. The Morgan fingerprint density at radius 1 is 1.08 bits per heavy atom. The van der Waals surface area contributed by atoms with Crippen LogP contribution in [0.3, 0.4) is 0 Å². The summed E-state index contributed by atoms with van der Waals surface area (Å²) in [5, 5.41) is 5.64. The topological polar surface area (TPSA) is 70.7 Å². The van der Waals surface area contributed by atoms with Crippen molar-refractivity contribution in [2.24, 2.45) is 0 Å². The molecule has 1 heterocycles. The van der Waals surface area contributed by atoms with E-state index in [0.717, 1.165) is 30.7 Å². The van der Waals surface area contributed by atoms with Gasteiger partial charge < -0.3 is 20.3 Å². The van der Waals surface area contributed by atoms with Crippen molar-refractivity contribution < 1.29 is 14.3 Å². The van der Waals surface area contributed by atoms with Gasteiger partial charge in [0.2, 0.25) is 5.91 Å². The maximum Gasteiger partial charge on any atom is 0.322 e. The molecule has 0 aliphatic carbocycles. The van der Waals surface area contributed by atoms with E-state index in [2.05, 4.69) is 10.6 Å². The van der Waals surface area contributed by atoms with Crippen LogP contribution in [0.5, 0.6) is 5.75 Å². The fourth-order valence-electron chi connectivity index (χ4n) is 3.24.